The average Bonchev–Trinajstić information content (AvgIpc) is 2.85. The van der Waals surface area contributed by atoms with Crippen LogP contribution in [0.2, 0.25) is 0 Å². The van der Waals surface area contributed by atoms with Crippen LogP contribution < -0.4 is 0 Å². The second kappa shape index (κ2) is 11.2. The molecule has 0 aliphatic rings. The van der Waals surface area contributed by atoms with Gasteiger partial charge in [0, 0.05) is 13.0 Å². The van der Waals surface area contributed by atoms with Crippen molar-refractivity contribution in [2.75, 3.05) is 6.61 Å². The zero-order chi connectivity index (χ0) is 39.1. The Labute approximate surface area is 236 Å². The van der Waals surface area contributed by atoms with E-state index in [9.17, 15) is 127 Å². The van der Waals surface area contributed by atoms with E-state index in [2.05, 4.69) is 0 Å². The van der Waals surface area contributed by atoms with Crippen LogP contribution in [0.4, 0.5) is 127 Å². The summed E-state index contributed by atoms with van der Waals surface area (Å²) in [5.41, 5.74) is 0. The summed E-state index contributed by atoms with van der Waals surface area (Å²) in [6, 6.07) is 0. The van der Waals surface area contributed by atoms with Gasteiger partial charge in [-0.1, -0.05) is 0 Å². The molecule has 0 aliphatic carbocycles. The maximum Gasteiger partial charge on any atom is 0.460 e. The summed E-state index contributed by atoms with van der Waals surface area (Å²) in [5, 5.41) is 8.18. The largest absolute Gasteiger partial charge is 0.460 e. The molecule has 284 valence electrons. The van der Waals surface area contributed by atoms with Crippen LogP contribution in [-0.4, -0.2) is 94.9 Å². The van der Waals surface area contributed by atoms with Crippen molar-refractivity contribution in [2.45, 2.75) is 96.0 Å². The average molecular weight is 778 g/mol. The van der Waals surface area contributed by atoms with E-state index in [1.54, 1.807) is 0 Å². The van der Waals surface area contributed by atoms with Gasteiger partial charge in [0.05, 0.1) is 0 Å². The number of alkyl halides is 29. The van der Waals surface area contributed by atoms with Gasteiger partial charge in [-0.05, 0) is 6.42 Å². The number of halogens is 29. The minimum atomic E-state index is -9.93. The van der Waals surface area contributed by atoms with E-state index in [4.69, 9.17) is 5.11 Å². The lowest BCUT2D eigenvalue weighted by molar-refractivity contribution is -0.487. The standard InChI is InChI=1S/C17H7F29O/c18-4(19,2-1-3-47)5(20,21)6(22,23)7(24,25)8(26,27)9(28,29)10(30,31)11(32,33)12(34,35)13(36,37)14(38,39)15(40,41)16(42,43)17(44,45)46/h47H,1-3H2. The van der Waals surface area contributed by atoms with Gasteiger partial charge >= 0.3 is 83.2 Å². The van der Waals surface area contributed by atoms with Crippen molar-refractivity contribution in [1.29, 1.82) is 0 Å². The smallest absolute Gasteiger partial charge is 0.396 e. The summed E-state index contributed by atoms with van der Waals surface area (Å²) in [6.07, 6.45) is -13.2. The second-order valence-corrected chi connectivity index (χ2v) is 8.92. The summed E-state index contributed by atoms with van der Waals surface area (Å²) in [7, 11) is 0. The Morgan fingerprint density at radius 1 is 0.255 bits per heavy atom. The third kappa shape index (κ3) is 5.37. The predicted molar refractivity (Wildman–Crippen MR) is 86.7 cm³/mol. The van der Waals surface area contributed by atoms with Crippen molar-refractivity contribution >= 4 is 0 Å². The van der Waals surface area contributed by atoms with Gasteiger partial charge in [0.15, 0.2) is 0 Å². The van der Waals surface area contributed by atoms with Crippen LogP contribution in [0.1, 0.15) is 12.8 Å². The van der Waals surface area contributed by atoms with Crippen LogP contribution in [0.25, 0.3) is 0 Å². The molecule has 0 heterocycles. The molecule has 0 amide bonds. The topological polar surface area (TPSA) is 20.2 Å². The van der Waals surface area contributed by atoms with E-state index < -0.39 is 103 Å². The van der Waals surface area contributed by atoms with E-state index in [-0.39, 0.29) is 0 Å². The maximum atomic E-state index is 13.7. The third-order valence-electron chi connectivity index (χ3n) is 5.80. The van der Waals surface area contributed by atoms with E-state index in [0.29, 0.717) is 0 Å². The Morgan fingerprint density at radius 3 is 0.596 bits per heavy atom. The van der Waals surface area contributed by atoms with Crippen molar-refractivity contribution in [3.8, 4) is 0 Å². The van der Waals surface area contributed by atoms with Gasteiger partial charge in [-0.3, -0.25) is 0 Å². The number of aliphatic hydroxyl groups is 1. The second-order valence-electron chi connectivity index (χ2n) is 8.92. The fourth-order valence-electron chi connectivity index (χ4n) is 2.84. The van der Waals surface area contributed by atoms with Gasteiger partial charge in [-0.2, -0.15) is 127 Å². The molecule has 0 saturated carbocycles. The highest BCUT2D eigenvalue weighted by Gasteiger charge is 3.00. The minimum absolute atomic E-state index is 1.76. The Morgan fingerprint density at radius 2 is 0.426 bits per heavy atom. The zero-order valence-corrected chi connectivity index (χ0v) is 20.5. The summed E-state index contributed by atoms with van der Waals surface area (Å²) in [5.74, 6) is -120. The van der Waals surface area contributed by atoms with Crippen molar-refractivity contribution in [2.24, 2.45) is 0 Å². The highest BCUT2D eigenvalue weighted by molar-refractivity contribution is 5.21. The molecule has 47 heavy (non-hydrogen) atoms. The molecule has 0 unspecified atom stereocenters. The molecule has 30 heteroatoms. The first-order valence-electron chi connectivity index (χ1n) is 10.4. The van der Waals surface area contributed by atoms with Gasteiger partial charge in [-0.25, -0.2) is 0 Å². The molecule has 0 atom stereocenters. The number of aliphatic hydroxyl groups excluding tert-OH is 1. The number of rotatable bonds is 15. The molecule has 0 aromatic carbocycles. The van der Waals surface area contributed by atoms with E-state index in [1.165, 1.54) is 0 Å². The Balaban J connectivity index is 7.50. The van der Waals surface area contributed by atoms with Gasteiger partial charge in [-0.15, -0.1) is 0 Å². The van der Waals surface area contributed by atoms with Crippen LogP contribution in [0.5, 0.6) is 0 Å². The quantitative estimate of drug-likeness (QED) is 0.164. The summed E-state index contributed by atoms with van der Waals surface area (Å²) in [6.45, 7) is -1.76. The van der Waals surface area contributed by atoms with E-state index in [0.717, 1.165) is 0 Å². The first-order valence-corrected chi connectivity index (χ1v) is 10.4. The lowest BCUT2D eigenvalue weighted by Crippen LogP contribution is -2.79. The molecule has 1 N–H and O–H groups in total. The first-order chi connectivity index (χ1) is 19.8. The Kier molecular flexibility index (Phi) is 10.7. The molecule has 0 spiro atoms. The zero-order valence-electron chi connectivity index (χ0n) is 20.5. The van der Waals surface area contributed by atoms with Crippen LogP contribution in [0.15, 0.2) is 0 Å². The normalized spacial score (nSPS) is 17.0. The Hall–Kier alpha value is -2.07. The molecular formula is C17H7F29O. The molecule has 0 bridgehead atoms. The fourth-order valence-corrected chi connectivity index (χ4v) is 2.84. The van der Waals surface area contributed by atoms with Gasteiger partial charge < -0.3 is 5.11 Å². The van der Waals surface area contributed by atoms with E-state index >= 15 is 0 Å². The molecule has 0 fully saturated rings. The van der Waals surface area contributed by atoms with Crippen LogP contribution in [0, 0.1) is 0 Å². The van der Waals surface area contributed by atoms with Gasteiger partial charge in [0.1, 0.15) is 0 Å². The van der Waals surface area contributed by atoms with Gasteiger partial charge in [0.25, 0.3) is 0 Å². The molecular weight excluding hydrogens is 771 g/mol. The molecule has 1 nitrogen and oxygen atoms in total. The van der Waals surface area contributed by atoms with Crippen molar-refractivity contribution < 1.29 is 132 Å². The predicted octanol–water partition coefficient (Wildman–Crippen LogP) is 9.58. The highest BCUT2D eigenvalue weighted by atomic mass is 19.4. The highest BCUT2D eigenvalue weighted by Crippen LogP contribution is 2.69. The Bertz CT molecular complexity index is 1110. The molecule has 0 rings (SSSR count). The molecule has 0 aliphatic heterocycles. The lowest BCUT2D eigenvalue weighted by Gasteiger charge is -2.46. The molecule has 0 aromatic rings. The number of hydrogen-bond donors (Lipinski definition) is 1. The van der Waals surface area contributed by atoms with Crippen LogP contribution in [0.3, 0.4) is 0 Å². The van der Waals surface area contributed by atoms with Gasteiger partial charge in [0.2, 0.25) is 0 Å². The lowest BCUT2D eigenvalue weighted by atomic mass is 9.83. The molecule has 0 saturated heterocycles. The summed E-state index contributed by atoms with van der Waals surface area (Å²) >= 11 is 0. The first kappa shape index (κ1) is 44.9. The molecule has 0 radical (unpaired) electrons. The summed E-state index contributed by atoms with van der Waals surface area (Å²) < 4.78 is 387. The summed E-state index contributed by atoms with van der Waals surface area (Å²) in [4.78, 5) is 0. The third-order valence-corrected chi connectivity index (χ3v) is 5.80. The van der Waals surface area contributed by atoms with Crippen LogP contribution >= 0.6 is 0 Å². The van der Waals surface area contributed by atoms with Crippen molar-refractivity contribution in [3.63, 3.8) is 0 Å². The monoisotopic (exact) mass is 778 g/mol. The maximum absolute atomic E-state index is 13.7. The van der Waals surface area contributed by atoms with Crippen LogP contribution in [-0.2, 0) is 0 Å². The SMILES string of the molecule is OCCCC(F)(F)C(F)(F)C(F)(F)C(F)(F)C(F)(F)C(F)(F)C(F)(F)C(F)(F)C(F)(F)C(F)(F)C(F)(F)C(F)(F)C(F)(F)C(F)(F)F. The fraction of sp³-hybridized carbons (Fsp3) is 1.00. The van der Waals surface area contributed by atoms with Crippen molar-refractivity contribution in [3.05, 3.63) is 0 Å². The molecule has 0 aromatic heterocycles. The van der Waals surface area contributed by atoms with E-state index in [1.807, 2.05) is 0 Å². The van der Waals surface area contributed by atoms with Crippen molar-refractivity contribution in [1.82, 2.24) is 0 Å². The minimum Gasteiger partial charge on any atom is -0.396 e. The number of hydrogen-bond acceptors (Lipinski definition) is 1.